The summed E-state index contributed by atoms with van der Waals surface area (Å²) >= 11 is 0. The van der Waals surface area contributed by atoms with Crippen molar-refractivity contribution in [1.82, 2.24) is 15.5 Å². The molecule has 0 atom stereocenters. The second-order valence-corrected chi connectivity index (χ2v) is 9.39. The molecule has 2 aromatic rings. The van der Waals surface area contributed by atoms with Crippen LogP contribution in [0.3, 0.4) is 0 Å². The van der Waals surface area contributed by atoms with Crippen molar-refractivity contribution in [3.05, 3.63) is 65.2 Å². The van der Waals surface area contributed by atoms with Gasteiger partial charge in [-0.15, -0.1) is 0 Å². The molecular weight excluding hydrogens is 416 g/mol. The van der Waals surface area contributed by atoms with Gasteiger partial charge in [0.2, 0.25) is 5.91 Å². The van der Waals surface area contributed by atoms with Crippen LogP contribution in [0.15, 0.2) is 48.5 Å². The Balaban J connectivity index is 1.18. The fourth-order valence-electron chi connectivity index (χ4n) is 4.93. The van der Waals surface area contributed by atoms with E-state index in [1.807, 2.05) is 43.3 Å². The lowest BCUT2D eigenvalue weighted by Gasteiger charge is -2.48. The minimum atomic E-state index is -0.307. The molecule has 2 aliphatic rings. The first-order chi connectivity index (χ1) is 15.9. The highest BCUT2D eigenvalue weighted by atomic mass is 16.5. The molecule has 0 radical (unpaired) electrons. The van der Waals surface area contributed by atoms with Crippen molar-refractivity contribution in [3.63, 3.8) is 0 Å². The summed E-state index contributed by atoms with van der Waals surface area (Å²) in [5, 5.41) is 5.72. The summed E-state index contributed by atoms with van der Waals surface area (Å²) in [4.78, 5) is 26.9. The fourth-order valence-corrected chi connectivity index (χ4v) is 4.93. The van der Waals surface area contributed by atoms with E-state index in [4.69, 9.17) is 10.5 Å². The first-order valence-electron chi connectivity index (χ1n) is 11.7. The molecule has 0 bridgehead atoms. The van der Waals surface area contributed by atoms with Crippen molar-refractivity contribution in [2.45, 2.75) is 50.2 Å². The predicted octanol–water partition coefficient (Wildman–Crippen LogP) is 2.33. The average Bonchev–Trinajstić information content (AvgIpc) is 2.80. The number of nitrogens with two attached hydrogens (primary N) is 1. The molecule has 1 saturated heterocycles. The third kappa shape index (κ3) is 5.54. The van der Waals surface area contributed by atoms with Crippen molar-refractivity contribution < 1.29 is 14.3 Å². The first kappa shape index (κ1) is 23.3. The molecule has 33 heavy (non-hydrogen) atoms. The molecule has 4 N–H and O–H groups in total. The number of hydrogen-bond donors (Lipinski definition) is 3. The molecule has 0 spiro atoms. The number of amides is 2. The van der Waals surface area contributed by atoms with Gasteiger partial charge in [0.05, 0.1) is 19.7 Å². The Morgan fingerprint density at radius 3 is 2.55 bits per heavy atom. The highest BCUT2D eigenvalue weighted by molar-refractivity contribution is 5.96. The minimum absolute atomic E-state index is 0.0110. The third-order valence-corrected chi connectivity index (χ3v) is 6.97. The van der Waals surface area contributed by atoms with Gasteiger partial charge in [0.25, 0.3) is 5.91 Å². The quantitative estimate of drug-likeness (QED) is 0.602. The van der Waals surface area contributed by atoms with Gasteiger partial charge in [-0.3, -0.25) is 14.5 Å². The van der Waals surface area contributed by atoms with E-state index in [9.17, 15) is 9.59 Å². The van der Waals surface area contributed by atoms with E-state index in [1.165, 1.54) is 0 Å². The minimum Gasteiger partial charge on any atom is -0.497 e. The zero-order chi connectivity index (χ0) is 23.4. The standard InChI is InChI=1S/C26H34N4O3/c1-18-5-3-6-19(13-18)25(32)28-15-24(31)29-21-16-30(17-21)22-9-11-26(27,12-10-22)20-7-4-8-23(14-20)33-2/h3-8,13-14,21-22H,9-12,15-17,27H2,1-2H3,(H,28,32)(H,29,31). The van der Waals surface area contributed by atoms with Gasteiger partial charge in [-0.25, -0.2) is 0 Å². The zero-order valence-corrected chi connectivity index (χ0v) is 19.5. The van der Waals surface area contributed by atoms with E-state index in [2.05, 4.69) is 21.6 Å². The van der Waals surface area contributed by atoms with Gasteiger partial charge in [0.1, 0.15) is 5.75 Å². The summed E-state index contributed by atoms with van der Waals surface area (Å²) in [7, 11) is 1.68. The molecule has 2 amide bonds. The predicted molar refractivity (Wildman–Crippen MR) is 128 cm³/mol. The molecule has 0 aromatic heterocycles. The molecule has 1 aliphatic heterocycles. The van der Waals surface area contributed by atoms with Crippen LogP contribution in [0.4, 0.5) is 0 Å². The Morgan fingerprint density at radius 2 is 1.85 bits per heavy atom. The number of benzene rings is 2. The summed E-state index contributed by atoms with van der Waals surface area (Å²) < 4.78 is 5.36. The molecule has 7 heteroatoms. The van der Waals surface area contributed by atoms with Crippen molar-refractivity contribution in [3.8, 4) is 5.75 Å². The molecular formula is C26H34N4O3. The Hall–Kier alpha value is -2.90. The van der Waals surface area contributed by atoms with Crippen LogP contribution >= 0.6 is 0 Å². The van der Waals surface area contributed by atoms with Gasteiger partial charge >= 0.3 is 0 Å². The van der Waals surface area contributed by atoms with Crippen LogP contribution in [0.25, 0.3) is 0 Å². The summed E-state index contributed by atoms with van der Waals surface area (Å²) in [5.74, 6) is 0.465. The number of carbonyl (C=O) groups is 2. The third-order valence-electron chi connectivity index (χ3n) is 6.97. The molecule has 7 nitrogen and oxygen atoms in total. The molecule has 1 heterocycles. The van der Waals surface area contributed by atoms with Crippen molar-refractivity contribution in [2.24, 2.45) is 5.73 Å². The highest BCUT2D eigenvalue weighted by Gasteiger charge is 2.39. The number of methoxy groups -OCH3 is 1. The van der Waals surface area contributed by atoms with Crippen LogP contribution < -0.4 is 21.1 Å². The second kappa shape index (κ2) is 9.93. The Labute approximate surface area is 195 Å². The van der Waals surface area contributed by atoms with Crippen molar-refractivity contribution in [2.75, 3.05) is 26.7 Å². The lowest BCUT2D eigenvalue weighted by atomic mass is 9.74. The van der Waals surface area contributed by atoms with Crippen LogP contribution in [0, 0.1) is 6.92 Å². The highest BCUT2D eigenvalue weighted by Crippen LogP contribution is 2.38. The lowest BCUT2D eigenvalue weighted by molar-refractivity contribution is -0.122. The number of nitrogens with zero attached hydrogens (tertiary/aromatic N) is 1. The summed E-state index contributed by atoms with van der Waals surface area (Å²) in [6, 6.07) is 16.1. The normalized spacial score (nSPS) is 23.4. The van der Waals surface area contributed by atoms with E-state index < -0.39 is 0 Å². The van der Waals surface area contributed by atoms with E-state index in [0.29, 0.717) is 11.6 Å². The fraction of sp³-hybridized carbons (Fsp3) is 0.462. The SMILES string of the molecule is COc1cccc(C2(N)CCC(N3CC(NC(=O)CNC(=O)c4cccc(C)c4)C3)CC2)c1. The van der Waals surface area contributed by atoms with Gasteiger partial charge in [0.15, 0.2) is 0 Å². The number of carbonyl (C=O) groups excluding carboxylic acids is 2. The van der Waals surface area contributed by atoms with Crippen LogP contribution in [0.1, 0.15) is 47.2 Å². The maximum absolute atomic E-state index is 12.3. The first-order valence-corrected chi connectivity index (χ1v) is 11.7. The van der Waals surface area contributed by atoms with E-state index in [1.54, 1.807) is 13.2 Å². The number of nitrogens with one attached hydrogen (secondary N) is 2. The smallest absolute Gasteiger partial charge is 0.251 e. The van der Waals surface area contributed by atoms with E-state index in [0.717, 1.165) is 55.6 Å². The van der Waals surface area contributed by atoms with Crippen LogP contribution in [-0.2, 0) is 10.3 Å². The Kier molecular flexibility index (Phi) is 7.00. The van der Waals surface area contributed by atoms with E-state index >= 15 is 0 Å². The molecule has 4 rings (SSSR count). The summed E-state index contributed by atoms with van der Waals surface area (Å²) in [6.07, 6.45) is 3.95. The van der Waals surface area contributed by atoms with Crippen molar-refractivity contribution >= 4 is 11.8 Å². The topological polar surface area (TPSA) is 96.7 Å². The van der Waals surface area contributed by atoms with Crippen molar-refractivity contribution in [1.29, 1.82) is 0 Å². The van der Waals surface area contributed by atoms with Crippen LogP contribution in [-0.4, -0.2) is 55.5 Å². The van der Waals surface area contributed by atoms with Gasteiger partial charge in [0, 0.05) is 30.2 Å². The maximum atomic E-state index is 12.3. The van der Waals surface area contributed by atoms with Gasteiger partial charge in [-0.05, 0) is 62.4 Å². The number of aryl methyl sites for hydroxylation is 1. The van der Waals surface area contributed by atoms with Gasteiger partial charge in [-0.2, -0.15) is 0 Å². The second-order valence-electron chi connectivity index (χ2n) is 9.39. The number of likely N-dealkylation sites (tertiary alicyclic amines) is 1. The van der Waals surface area contributed by atoms with Crippen LogP contribution in [0.5, 0.6) is 5.75 Å². The summed E-state index contributed by atoms with van der Waals surface area (Å²) in [5.41, 5.74) is 9.18. The molecule has 2 fully saturated rings. The zero-order valence-electron chi connectivity index (χ0n) is 19.5. The molecule has 1 saturated carbocycles. The maximum Gasteiger partial charge on any atom is 0.251 e. The Bertz CT molecular complexity index is 995. The molecule has 2 aromatic carbocycles. The number of rotatable bonds is 7. The van der Waals surface area contributed by atoms with Crippen LogP contribution in [0.2, 0.25) is 0 Å². The summed E-state index contributed by atoms with van der Waals surface area (Å²) in [6.45, 7) is 3.62. The number of hydrogen-bond acceptors (Lipinski definition) is 5. The Morgan fingerprint density at radius 1 is 1.12 bits per heavy atom. The molecule has 176 valence electrons. The number of ether oxygens (including phenoxy) is 1. The van der Waals surface area contributed by atoms with Gasteiger partial charge in [-0.1, -0.05) is 29.8 Å². The average molecular weight is 451 g/mol. The molecule has 1 aliphatic carbocycles. The van der Waals surface area contributed by atoms with E-state index in [-0.39, 0.29) is 29.9 Å². The monoisotopic (exact) mass is 450 g/mol. The van der Waals surface area contributed by atoms with Gasteiger partial charge < -0.3 is 21.1 Å². The largest absolute Gasteiger partial charge is 0.497 e. The lowest BCUT2D eigenvalue weighted by Crippen LogP contribution is -2.63. The molecule has 0 unspecified atom stereocenters.